The van der Waals surface area contributed by atoms with E-state index in [1.807, 2.05) is 17.0 Å². The van der Waals surface area contributed by atoms with Gasteiger partial charge < -0.3 is 4.90 Å². The highest BCUT2D eigenvalue weighted by molar-refractivity contribution is 5.81. The number of carbonyl (C=O) groups excluding carboxylic acids is 1. The van der Waals surface area contributed by atoms with Crippen molar-refractivity contribution in [2.24, 2.45) is 5.92 Å². The number of rotatable bonds is 4. The van der Waals surface area contributed by atoms with Gasteiger partial charge >= 0.3 is 0 Å². The molecule has 2 aromatic carbocycles. The van der Waals surface area contributed by atoms with Gasteiger partial charge in [0.2, 0.25) is 5.91 Å². The van der Waals surface area contributed by atoms with Crippen LogP contribution in [0.4, 0.5) is 0 Å². The van der Waals surface area contributed by atoms with E-state index >= 15 is 0 Å². The van der Waals surface area contributed by atoms with Crippen LogP contribution in [-0.4, -0.2) is 38.9 Å². The standard InChI is InChI=1S/C22H24N4O2/c1-16(26-22(28)19-9-5-6-10-20(19)23-24-26)21(27)25-13-11-18(12-14-25)15-17-7-3-2-4-8-17/h2-10,16,18H,11-15H2,1H3/t16-/m0/s1. The van der Waals surface area contributed by atoms with Crippen molar-refractivity contribution in [1.82, 2.24) is 19.9 Å². The third kappa shape index (κ3) is 3.67. The van der Waals surface area contributed by atoms with Gasteiger partial charge in [-0.25, -0.2) is 0 Å². The molecule has 1 amide bonds. The fraction of sp³-hybridized carbons (Fsp3) is 0.364. The Kier molecular flexibility index (Phi) is 5.19. The highest BCUT2D eigenvalue weighted by atomic mass is 16.2. The molecular weight excluding hydrogens is 352 g/mol. The molecule has 0 unspecified atom stereocenters. The van der Waals surface area contributed by atoms with Crippen LogP contribution in [0.2, 0.25) is 0 Å². The van der Waals surface area contributed by atoms with Gasteiger partial charge in [-0.15, -0.1) is 5.10 Å². The number of likely N-dealkylation sites (tertiary alicyclic amines) is 1. The summed E-state index contributed by atoms with van der Waals surface area (Å²) in [4.78, 5) is 27.5. The predicted octanol–water partition coefficient (Wildman–Crippen LogP) is 2.83. The summed E-state index contributed by atoms with van der Waals surface area (Å²) in [5.41, 5.74) is 1.62. The first-order valence-electron chi connectivity index (χ1n) is 9.80. The van der Waals surface area contributed by atoms with Crippen molar-refractivity contribution < 1.29 is 4.79 Å². The summed E-state index contributed by atoms with van der Waals surface area (Å²) in [6, 6.07) is 16.9. The molecule has 3 aromatic rings. The van der Waals surface area contributed by atoms with E-state index in [0.29, 0.717) is 16.8 Å². The molecule has 0 bridgehead atoms. The molecule has 1 aliphatic rings. The van der Waals surface area contributed by atoms with Crippen molar-refractivity contribution in [3.05, 3.63) is 70.5 Å². The van der Waals surface area contributed by atoms with E-state index in [9.17, 15) is 9.59 Å². The van der Waals surface area contributed by atoms with Gasteiger partial charge in [0.15, 0.2) is 0 Å². The molecule has 6 nitrogen and oxygen atoms in total. The van der Waals surface area contributed by atoms with Crippen molar-refractivity contribution in [1.29, 1.82) is 0 Å². The SMILES string of the molecule is C[C@@H](C(=O)N1CCC(Cc2ccccc2)CC1)n1nnc2ccccc2c1=O. The molecule has 1 atom stereocenters. The largest absolute Gasteiger partial charge is 0.341 e. The maximum atomic E-state index is 13.0. The first kappa shape index (κ1) is 18.3. The molecule has 2 heterocycles. The van der Waals surface area contributed by atoms with E-state index in [2.05, 4.69) is 34.6 Å². The second kappa shape index (κ2) is 7.92. The molecule has 6 heteroatoms. The van der Waals surface area contributed by atoms with E-state index in [4.69, 9.17) is 0 Å². The zero-order valence-electron chi connectivity index (χ0n) is 16.0. The monoisotopic (exact) mass is 376 g/mol. The third-order valence-electron chi connectivity index (χ3n) is 5.61. The fourth-order valence-corrected chi connectivity index (χ4v) is 3.93. The number of amides is 1. The number of fused-ring (bicyclic) bond motifs is 1. The number of piperidine rings is 1. The molecule has 28 heavy (non-hydrogen) atoms. The van der Waals surface area contributed by atoms with Gasteiger partial charge in [0.05, 0.1) is 5.39 Å². The van der Waals surface area contributed by atoms with Gasteiger partial charge in [0, 0.05) is 13.1 Å². The van der Waals surface area contributed by atoms with E-state index in [1.165, 1.54) is 10.2 Å². The first-order chi connectivity index (χ1) is 13.6. The Morgan fingerprint density at radius 2 is 1.75 bits per heavy atom. The third-order valence-corrected chi connectivity index (χ3v) is 5.61. The summed E-state index contributed by atoms with van der Waals surface area (Å²) in [5.74, 6) is 0.523. The van der Waals surface area contributed by atoms with Crippen LogP contribution < -0.4 is 5.56 Å². The van der Waals surface area contributed by atoms with Crippen LogP contribution in [-0.2, 0) is 11.2 Å². The zero-order valence-corrected chi connectivity index (χ0v) is 16.0. The van der Waals surface area contributed by atoms with E-state index in [-0.39, 0.29) is 11.5 Å². The molecule has 0 radical (unpaired) electrons. The van der Waals surface area contributed by atoms with Crippen LogP contribution in [0.5, 0.6) is 0 Å². The molecule has 0 aliphatic carbocycles. The van der Waals surface area contributed by atoms with E-state index in [0.717, 1.165) is 32.4 Å². The van der Waals surface area contributed by atoms with Crippen LogP contribution in [0.1, 0.15) is 31.4 Å². The number of hydrogen-bond acceptors (Lipinski definition) is 4. The minimum Gasteiger partial charge on any atom is -0.341 e. The van der Waals surface area contributed by atoms with E-state index in [1.54, 1.807) is 25.1 Å². The maximum absolute atomic E-state index is 13.0. The van der Waals surface area contributed by atoms with Crippen molar-refractivity contribution in [2.45, 2.75) is 32.2 Å². The highest BCUT2D eigenvalue weighted by Crippen LogP contribution is 2.23. The summed E-state index contributed by atoms with van der Waals surface area (Å²) < 4.78 is 1.21. The van der Waals surface area contributed by atoms with Gasteiger partial charge in [-0.05, 0) is 49.8 Å². The van der Waals surface area contributed by atoms with E-state index < -0.39 is 6.04 Å². The lowest BCUT2D eigenvalue weighted by molar-refractivity contribution is -0.136. The Hall–Kier alpha value is -3.02. The molecule has 1 aromatic heterocycles. The van der Waals surface area contributed by atoms with Gasteiger partial charge in [-0.3, -0.25) is 9.59 Å². The summed E-state index contributed by atoms with van der Waals surface area (Å²) in [7, 11) is 0. The number of aromatic nitrogens is 3. The average Bonchev–Trinajstić information content (AvgIpc) is 2.74. The molecule has 1 fully saturated rings. The second-order valence-electron chi connectivity index (χ2n) is 7.49. The molecule has 1 aliphatic heterocycles. The maximum Gasteiger partial charge on any atom is 0.278 e. The predicted molar refractivity (Wildman–Crippen MR) is 108 cm³/mol. The smallest absolute Gasteiger partial charge is 0.278 e. The zero-order chi connectivity index (χ0) is 19.5. The van der Waals surface area contributed by atoms with Gasteiger partial charge in [0.25, 0.3) is 5.56 Å². The van der Waals surface area contributed by atoms with Crippen molar-refractivity contribution in [2.75, 3.05) is 13.1 Å². The Morgan fingerprint density at radius 3 is 2.50 bits per heavy atom. The lowest BCUT2D eigenvalue weighted by atomic mass is 9.90. The molecule has 4 rings (SSSR count). The second-order valence-corrected chi connectivity index (χ2v) is 7.49. The summed E-state index contributed by atoms with van der Waals surface area (Å²) in [6.07, 6.45) is 3.01. The normalized spacial score (nSPS) is 16.2. The van der Waals surface area contributed by atoms with Crippen LogP contribution >= 0.6 is 0 Å². The Morgan fingerprint density at radius 1 is 1.07 bits per heavy atom. The number of hydrogen-bond donors (Lipinski definition) is 0. The number of carbonyl (C=O) groups is 1. The fourth-order valence-electron chi connectivity index (χ4n) is 3.93. The molecule has 0 spiro atoms. The lowest BCUT2D eigenvalue weighted by Gasteiger charge is -2.33. The summed E-state index contributed by atoms with van der Waals surface area (Å²) >= 11 is 0. The van der Waals surface area contributed by atoms with Crippen LogP contribution in [0, 0.1) is 5.92 Å². The minimum atomic E-state index is -0.657. The lowest BCUT2D eigenvalue weighted by Crippen LogP contribution is -2.44. The van der Waals surface area contributed by atoms with Gasteiger partial charge in [-0.2, -0.15) is 4.68 Å². The minimum absolute atomic E-state index is 0.0650. The Labute approximate surface area is 163 Å². The van der Waals surface area contributed by atoms with Crippen molar-refractivity contribution >= 4 is 16.8 Å². The molecule has 1 saturated heterocycles. The van der Waals surface area contributed by atoms with Crippen LogP contribution in [0.15, 0.2) is 59.4 Å². The van der Waals surface area contributed by atoms with Crippen LogP contribution in [0.3, 0.4) is 0 Å². The molecule has 0 N–H and O–H groups in total. The Balaban J connectivity index is 1.43. The summed E-state index contributed by atoms with van der Waals surface area (Å²) in [6.45, 7) is 3.16. The summed E-state index contributed by atoms with van der Waals surface area (Å²) in [5, 5.41) is 8.58. The van der Waals surface area contributed by atoms with Gasteiger partial charge in [0.1, 0.15) is 11.6 Å². The Bertz CT molecular complexity index is 1020. The topological polar surface area (TPSA) is 68.1 Å². The first-order valence-corrected chi connectivity index (χ1v) is 9.80. The molecule has 144 valence electrons. The molecular formula is C22H24N4O2. The van der Waals surface area contributed by atoms with Crippen LogP contribution in [0.25, 0.3) is 10.9 Å². The average molecular weight is 376 g/mol. The van der Waals surface area contributed by atoms with Crippen molar-refractivity contribution in [3.8, 4) is 0 Å². The van der Waals surface area contributed by atoms with Crippen molar-refractivity contribution in [3.63, 3.8) is 0 Å². The molecule has 0 saturated carbocycles. The highest BCUT2D eigenvalue weighted by Gasteiger charge is 2.28. The van der Waals surface area contributed by atoms with Gasteiger partial charge in [-0.1, -0.05) is 47.7 Å². The number of nitrogens with zero attached hydrogens (tertiary/aromatic N) is 4. The number of benzene rings is 2. The quantitative estimate of drug-likeness (QED) is 0.702.